The van der Waals surface area contributed by atoms with Gasteiger partial charge in [-0.3, -0.25) is 14.6 Å². The van der Waals surface area contributed by atoms with Gasteiger partial charge < -0.3 is 10.8 Å². The third-order valence-electron chi connectivity index (χ3n) is 4.58. The van der Waals surface area contributed by atoms with E-state index in [2.05, 4.69) is 4.99 Å². The molecule has 3 aromatic rings. The first-order chi connectivity index (χ1) is 13.6. The molecule has 0 amide bonds. The number of nitrogens with zero attached hydrogens (tertiary/aromatic N) is 1. The van der Waals surface area contributed by atoms with Crippen molar-refractivity contribution in [2.45, 2.75) is 0 Å². The normalized spacial score (nSPS) is 13.2. The zero-order valence-corrected chi connectivity index (χ0v) is 14.8. The maximum Gasteiger partial charge on any atom is 0.199 e. The van der Waals surface area contributed by atoms with E-state index in [-0.39, 0.29) is 22.9 Å². The van der Waals surface area contributed by atoms with Crippen LogP contribution in [0.5, 0.6) is 0 Å². The molecule has 1 aliphatic rings. The van der Waals surface area contributed by atoms with Gasteiger partial charge in [0, 0.05) is 28.5 Å². The lowest BCUT2D eigenvalue weighted by atomic mass is 10.0. The number of nitrogens with two attached hydrogens (primary N) is 1. The molecule has 0 radical (unpaired) electrons. The highest BCUT2D eigenvalue weighted by molar-refractivity contribution is 6.30. The Morgan fingerprint density at radius 3 is 2.25 bits per heavy atom. The molecule has 1 aliphatic carbocycles. The van der Waals surface area contributed by atoms with E-state index in [1.165, 1.54) is 6.21 Å². The summed E-state index contributed by atoms with van der Waals surface area (Å²) in [4.78, 5) is 29.2. The zero-order chi connectivity index (χ0) is 19.7. The van der Waals surface area contributed by atoms with Gasteiger partial charge >= 0.3 is 0 Å². The van der Waals surface area contributed by atoms with Crippen LogP contribution in [0.3, 0.4) is 0 Å². The Labute approximate surface area is 161 Å². The fourth-order valence-electron chi connectivity index (χ4n) is 3.11. The van der Waals surface area contributed by atoms with Crippen LogP contribution in [0.4, 0.5) is 11.4 Å². The number of rotatable bonds is 4. The largest absolute Gasteiger partial charge is 0.506 e. The predicted molar refractivity (Wildman–Crippen MR) is 109 cm³/mol. The molecule has 136 valence electrons. The standard InChI is InChI=1S/C23H16N2O3/c24-19-12-15(21(26)14-6-2-1-3-7-14)10-11-20(19)25-13-18-22(27)16-8-4-5-9-17(16)23(18)28/h1-13,27H,24H2. The average molecular weight is 368 g/mol. The SMILES string of the molecule is Nc1cc(C(=O)c2ccccc2)ccc1N=CC1=C(O)c2ccccc2C1=O. The van der Waals surface area contributed by atoms with Crippen molar-refractivity contribution in [2.24, 2.45) is 4.99 Å². The number of aliphatic imine (C=N–C) groups is 1. The minimum absolute atomic E-state index is 0.0983. The first kappa shape index (κ1) is 17.4. The van der Waals surface area contributed by atoms with Gasteiger partial charge in [0.2, 0.25) is 0 Å². The molecule has 0 saturated heterocycles. The minimum atomic E-state index is -0.286. The quantitative estimate of drug-likeness (QED) is 0.406. The second-order valence-electron chi connectivity index (χ2n) is 6.36. The molecule has 0 heterocycles. The summed E-state index contributed by atoms with van der Waals surface area (Å²) in [7, 11) is 0. The Hall–Kier alpha value is -3.99. The van der Waals surface area contributed by atoms with E-state index < -0.39 is 0 Å². The Morgan fingerprint density at radius 2 is 1.57 bits per heavy atom. The number of aliphatic hydroxyl groups is 1. The maximum absolute atomic E-state index is 12.5. The van der Waals surface area contributed by atoms with Crippen molar-refractivity contribution in [3.05, 3.63) is 101 Å². The van der Waals surface area contributed by atoms with Crippen LogP contribution in [0.25, 0.3) is 5.76 Å². The number of nitrogen functional groups attached to an aromatic ring is 1. The number of anilines is 1. The van der Waals surface area contributed by atoms with Gasteiger partial charge in [0.15, 0.2) is 11.6 Å². The van der Waals surface area contributed by atoms with Crippen LogP contribution < -0.4 is 5.73 Å². The second-order valence-corrected chi connectivity index (χ2v) is 6.36. The van der Waals surface area contributed by atoms with Gasteiger partial charge in [-0.25, -0.2) is 0 Å². The highest BCUT2D eigenvalue weighted by Crippen LogP contribution is 2.31. The molecule has 5 nitrogen and oxygen atoms in total. The molecule has 3 N–H and O–H groups in total. The van der Waals surface area contributed by atoms with E-state index in [1.54, 1.807) is 66.7 Å². The predicted octanol–water partition coefficient (Wildman–Crippen LogP) is 4.37. The number of ketones is 2. The molecule has 5 heteroatoms. The van der Waals surface area contributed by atoms with Crippen molar-refractivity contribution in [1.29, 1.82) is 0 Å². The molecule has 0 atom stereocenters. The van der Waals surface area contributed by atoms with Gasteiger partial charge in [-0.05, 0) is 18.2 Å². The van der Waals surface area contributed by atoms with Gasteiger partial charge in [-0.2, -0.15) is 0 Å². The monoisotopic (exact) mass is 368 g/mol. The first-order valence-corrected chi connectivity index (χ1v) is 8.67. The van der Waals surface area contributed by atoms with Crippen molar-refractivity contribution in [2.75, 3.05) is 5.73 Å². The van der Waals surface area contributed by atoms with E-state index in [1.807, 2.05) is 6.07 Å². The molecule has 0 fully saturated rings. The summed E-state index contributed by atoms with van der Waals surface area (Å²) in [5.74, 6) is -0.519. The molecule has 3 aromatic carbocycles. The second kappa shape index (κ2) is 6.96. The summed E-state index contributed by atoms with van der Waals surface area (Å²) in [6, 6.07) is 20.6. The molecule has 28 heavy (non-hydrogen) atoms. The topological polar surface area (TPSA) is 92.8 Å². The molecular formula is C23H16N2O3. The van der Waals surface area contributed by atoms with Crippen LogP contribution in [0.15, 0.2) is 83.4 Å². The Morgan fingerprint density at radius 1 is 0.893 bits per heavy atom. The number of carbonyl (C=O) groups is 2. The van der Waals surface area contributed by atoms with Gasteiger partial charge in [0.1, 0.15) is 5.76 Å². The number of allylic oxidation sites excluding steroid dienone is 1. The molecular weight excluding hydrogens is 352 g/mol. The van der Waals surface area contributed by atoms with E-state index >= 15 is 0 Å². The van der Waals surface area contributed by atoms with Crippen LogP contribution in [0.1, 0.15) is 31.8 Å². The molecule has 0 bridgehead atoms. The Bertz CT molecular complexity index is 1160. The smallest absolute Gasteiger partial charge is 0.199 e. The van der Waals surface area contributed by atoms with Gasteiger partial charge in [-0.1, -0.05) is 54.6 Å². The fourth-order valence-corrected chi connectivity index (χ4v) is 3.11. The lowest BCUT2D eigenvalue weighted by molar-refractivity contribution is 0.103. The van der Waals surface area contributed by atoms with Crippen molar-refractivity contribution in [3.63, 3.8) is 0 Å². The van der Waals surface area contributed by atoms with Crippen LogP contribution in [0.2, 0.25) is 0 Å². The van der Waals surface area contributed by atoms with Crippen molar-refractivity contribution in [3.8, 4) is 0 Å². The van der Waals surface area contributed by atoms with Crippen molar-refractivity contribution < 1.29 is 14.7 Å². The highest BCUT2D eigenvalue weighted by Gasteiger charge is 2.28. The summed E-state index contributed by atoms with van der Waals surface area (Å²) in [5, 5.41) is 10.3. The average Bonchev–Trinajstić information content (AvgIpc) is 2.97. The molecule has 0 unspecified atom stereocenters. The van der Waals surface area contributed by atoms with Crippen molar-refractivity contribution >= 4 is 34.9 Å². The number of hydrogen-bond donors (Lipinski definition) is 2. The number of fused-ring (bicyclic) bond motifs is 1. The Kier molecular flexibility index (Phi) is 4.33. The third-order valence-corrected chi connectivity index (χ3v) is 4.58. The van der Waals surface area contributed by atoms with E-state index in [4.69, 9.17) is 5.73 Å². The lowest BCUT2D eigenvalue weighted by Gasteiger charge is -2.05. The lowest BCUT2D eigenvalue weighted by Crippen LogP contribution is -2.02. The summed E-state index contributed by atoms with van der Waals surface area (Å²) < 4.78 is 0. The van der Waals surface area contributed by atoms with Crippen LogP contribution in [0, 0.1) is 0 Å². The number of benzene rings is 3. The summed E-state index contributed by atoms with van der Waals surface area (Å²) >= 11 is 0. The van der Waals surface area contributed by atoms with E-state index in [0.717, 1.165) is 0 Å². The van der Waals surface area contributed by atoms with Crippen LogP contribution in [-0.2, 0) is 0 Å². The van der Waals surface area contributed by atoms with Gasteiger partial charge in [0.25, 0.3) is 0 Å². The summed E-state index contributed by atoms with van der Waals surface area (Å²) in [5.41, 5.74) is 8.84. The van der Waals surface area contributed by atoms with Gasteiger partial charge in [-0.15, -0.1) is 0 Å². The van der Waals surface area contributed by atoms with Gasteiger partial charge in [0.05, 0.1) is 16.9 Å². The number of carbonyl (C=O) groups excluding carboxylic acids is 2. The first-order valence-electron chi connectivity index (χ1n) is 8.67. The molecule has 0 spiro atoms. The molecule has 0 aromatic heterocycles. The number of Topliss-reactive ketones (excluding diaryl/α,β-unsaturated/α-hetero) is 1. The molecule has 4 rings (SSSR count). The fraction of sp³-hybridized carbons (Fsp3) is 0. The van der Waals surface area contributed by atoms with Crippen LogP contribution >= 0.6 is 0 Å². The summed E-state index contributed by atoms with van der Waals surface area (Å²) in [6.45, 7) is 0. The third kappa shape index (κ3) is 2.99. The zero-order valence-electron chi connectivity index (χ0n) is 14.8. The van der Waals surface area contributed by atoms with E-state index in [0.29, 0.717) is 33.6 Å². The maximum atomic E-state index is 12.5. The number of aliphatic hydroxyl groups excluding tert-OH is 1. The minimum Gasteiger partial charge on any atom is -0.506 e. The number of hydrogen-bond acceptors (Lipinski definition) is 5. The van der Waals surface area contributed by atoms with Crippen molar-refractivity contribution in [1.82, 2.24) is 0 Å². The van der Waals surface area contributed by atoms with E-state index in [9.17, 15) is 14.7 Å². The Balaban J connectivity index is 1.61. The molecule has 0 saturated carbocycles. The summed E-state index contributed by atoms with van der Waals surface area (Å²) in [6.07, 6.45) is 1.31. The highest BCUT2D eigenvalue weighted by atomic mass is 16.3. The van der Waals surface area contributed by atoms with Crippen LogP contribution in [-0.4, -0.2) is 22.9 Å². The molecule has 0 aliphatic heterocycles.